The second-order valence-electron chi connectivity index (χ2n) is 8.67. The van der Waals surface area contributed by atoms with E-state index in [4.69, 9.17) is 4.74 Å². The third-order valence-electron chi connectivity index (χ3n) is 6.50. The van der Waals surface area contributed by atoms with Crippen LogP contribution < -0.4 is 4.74 Å². The van der Waals surface area contributed by atoms with Gasteiger partial charge in [-0.05, 0) is 48.6 Å². The molecule has 0 fully saturated rings. The van der Waals surface area contributed by atoms with Gasteiger partial charge in [0.05, 0.1) is 30.3 Å². The number of benzene rings is 3. The van der Waals surface area contributed by atoms with Gasteiger partial charge >= 0.3 is 5.97 Å². The molecule has 186 valence electrons. The summed E-state index contributed by atoms with van der Waals surface area (Å²) < 4.78 is 19.6. The highest BCUT2D eigenvalue weighted by Crippen LogP contribution is 2.29. The lowest BCUT2D eigenvalue weighted by atomic mass is 9.93. The number of carbonyl (C=O) groups is 3. The van der Waals surface area contributed by atoms with E-state index in [2.05, 4.69) is 0 Å². The number of nitrogens with zero attached hydrogens (tertiary/aromatic N) is 1. The fraction of sp³-hybridized carbons (Fsp3) is 0.250. The van der Waals surface area contributed by atoms with E-state index in [0.717, 1.165) is 10.5 Å². The van der Waals surface area contributed by atoms with E-state index in [1.54, 1.807) is 66.7 Å². The predicted molar refractivity (Wildman–Crippen MR) is 130 cm³/mol. The number of aliphatic carboxylic acids is 1. The van der Waals surface area contributed by atoms with Crippen LogP contribution in [0.25, 0.3) is 11.1 Å². The average molecular weight is 492 g/mol. The van der Waals surface area contributed by atoms with Crippen LogP contribution in [0.5, 0.6) is 5.75 Å². The van der Waals surface area contributed by atoms with Crippen molar-refractivity contribution in [3.05, 3.63) is 89.2 Å². The molecule has 0 aliphatic carbocycles. The molecule has 3 aromatic carbocycles. The number of aryl methyl sites for hydroxylation is 1. The molecule has 8 heteroatoms. The first-order chi connectivity index (χ1) is 17.3. The fourth-order valence-corrected chi connectivity index (χ4v) is 4.45. The molecule has 2 amide bonds. The molecule has 2 N–H and O–H groups in total. The highest BCUT2D eigenvalue weighted by atomic mass is 19.1. The van der Waals surface area contributed by atoms with E-state index in [0.29, 0.717) is 28.7 Å². The van der Waals surface area contributed by atoms with Gasteiger partial charge in [-0.15, -0.1) is 0 Å². The normalized spacial score (nSPS) is 14.5. The first kappa shape index (κ1) is 25.1. The van der Waals surface area contributed by atoms with Crippen LogP contribution in [0, 0.1) is 11.7 Å². The number of carboxylic acid groups (broad SMARTS) is 1. The van der Waals surface area contributed by atoms with Crippen LogP contribution in [0.4, 0.5) is 4.39 Å². The highest BCUT2D eigenvalue weighted by molar-refractivity contribution is 6.21. The number of carboxylic acids is 1. The molecule has 36 heavy (non-hydrogen) atoms. The number of hydrogen-bond acceptors (Lipinski definition) is 5. The van der Waals surface area contributed by atoms with Gasteiger partial charge in [-0.25, -0.2) is 4.39 Å². The Labute approximate surface area is 207 Å². The van der Waals surface area contributed by atoms with Crippen LogP contribution in [0.1, 0.15) is 39.1 Å². The van der Waals surface area contributed by atoms with Gasteiger partial charge < -0.3 is 14.9 Å². The number of aliphatic hydroxyl groups is 1. The summed E-state index contributed by atoms with van der Waals surface area (Å²) in [5, 5.41) is 20.3. The molecule has 3 aromatic rings. The number of halogens is 1. The van der Waals surface area contributed by atoms with Crippen molar-refractivity contribution in [1.29, 1.82) is 0 Å². The lowest BCUT2D eigenvalue weighted by Gasteiger charge is -2.22. The monoisotopic (exact) mass is 491 g/mol. The number of aliphatic hydroxyl groups excluding tert-OH is 1. The number of imide groups is 1. The average Bonchev–Trinajstić information content (AvgIpc) is 3.13. The SMILES string of the molecule is COc1cccc(-c2ccc(CCC(O)C(CCN3C(=O)c4ccccc4C3=O)C(=O)O)cc2)c1F. The van der Waals surface area contributed by atoms with Gasteiger partial charge in [-0.2, -0.15) is 0 Å². The number of fused-ring (bicyclic) bond motifs is 1. The fourth-order valence-electron chi connectivity index (χ4n) is 4.45. The van der Waals surface area contributed by atoms with Crippen molar-refractivity contribution in [2.75, 3.05) is 13.7 Å². The standard InChI is InChI=1S/C28H26FNO6/c1-36-24-8-4-7-19(25(24)29)18-12-9-17(10-13-18)11-14-23(31)22(28(34)35)15-16-30-26(32)20-5-2-3-6-21(20)27(30)33/h2-10,12-13,22-23,31H,11,14-16H2,1H3,(H,34,35). The van der Waals surface area contributed by atoms with E-state index in [-0.39, 0.29) is 25.1 Å². The van der Waals surface area contributed by atoms with E-state index in [1.165, 1.54) is 7.11 Å². The van der Waals surface area contributed by atoms with Crippen molar-refractivity contribution in [3.63, 3.8) is 0 Å². The third kappa shape index (κ3) is 4.99. The van der Waals surface area contributed by atoms with Crippen molar-refractivity contribution in [3.8, 4) is 16.9 Å². The van der Waals surface area contributed by atoms with Crippen molar-refractivity contribution in [2.24, 2.45) is 5.92 Å². The van der Waals surface area contributed by atoms with E-state index in [9.17, 15) is 29.0 Å². The molecular formula is C28H26FNO6. The van der Waals surface area contributed by atoms with E-state index >= 15 is 0 Å². The van der Waals surface area contributed by atoms with Crippen molar-refractivity contribution >= 4 is 17.8 Å². The number of amides is 2. The van der Waals surface area contributed by atoms with Crippen LogP contribution in [0.3, 0.4) is 0 Å². The maximum absolute atomic E-state index is 14.5. The Kier molecular flexibility index (Phi) is 7.45. The second-order valence-corrected chi connectivity index (χ2v) is 8.67. The molecule has 0 radical (unpaired) electrons. The van der Waals surface area contributed by atoms with Gasteiger partial charge in [0.25, 0.3) is 11.8 Å². The Bertz CT molecular complexity index is 1250. The van der Waals surface area contributed by atoms with Crippen molar-refractivity contribution < 1.29 is 33.7 Å². The minimum Gasteiger partial charge on any atom is -0.494 e. The lowest BCUT2D eigenvalue weighted by molar-refractivity contribution is -0.146. The summed E-state index contributed by atoms with van der Waals surface area (Å²) in [7, 11) is 1.40. The zero-order valence-electron chi connectivity index (χ0n) is 19.7. The first-order valence-electron chi connectivity index (χ1n) is 11.6. The third-order valence-corrected chi connectivity index (χ3v) is 6.50. The number of carbonyl (C=O) groups excluding carboxylic acids is 2. The molecule has 1 heterocycles. The summed E-state index contributed by atoms with van der Waals surface area (Å²) in [4.78, 5) is 37.9. The summed E-state index contributed by atoms with van der Waals surface area (Å²) in [5.74, 6) is -3.54. The molecule has 2 atom stereocenters. The smallest absolute Gasteiger partial charge is 0.309 e. The van der Waals surface area contributed by atoms with Gasteiger partial charge in [0.1, 0.15) is 0 Å². The Balaban J connectivity index is 1.36. The summed E-state index contributed by atoms with van der Waals surface area (Å²) in [6.07, 6.45) is -0.658. The second kappa shape index (κ2) is 10.7. The van der Waals surface area contributed by atoms with Gasteiger partial charge in [0.15, 0.2) is 11.6 Å². The van der Waals surface area contributed by atoms with Crippen LogP contribution in [-0.4, -0.2) is 52.7 Å². The Morgan fingerprint density at radius 3 is 2.11 bits per heavy atom. The van der Waals surface area contributed by atoms with Crippen molar-refractivity contribution in [1.82, 2.24) is 4.90 Å². The van der Waals surface area contributed by atoms with Gasteiger partial charge in [-0.1, -0.05) is 48.5 Å². The highest BCUT2D eigenvalue weighted by Gasteiger charge is 2.36. The molecule has 1 aliphatic rings. The summed E-state index contributed by atoms with van der Waals surface area (Å²) >= 11 is 0. The van der Waals surface area contributed by atoms with E-state index < -0.39 is 35.6 Å². The lowest BCUT2D eigenvalue weighted by Crippen LogP contribution is -2.36. The molecule has 0 aromatic heterocycles. The van der Waals surface area contributed by atoms with Crippen LogP contribution in [0.15, 0.2) is 66.7 Å². The Hall–Kier alpha value is -4.04. The van der Waals surface area contributed by atoms with Crippen LogP contribution in [-0.2, 0) is 11.2 Å². The number of rotatable bonds is 10. The van der Waals surface area contributed by atoms with Gasteiger partial charge in [0.2, 0.25) is 0 Å². The quantitative estimate of drug-likeness (QED) is 0.413. The molecule has 7 nitrogen and oxygen atoms in total. The number of methoxy groups -OCH3 is 1. The molecule has 0 spiro atoms. The summed E-state index contributed by atoms with van der Waals surface area (Å²) in [6, 6.07) is 18.5. The van der Waals surface area contributed by atoms with Crippen LogP contribution in [0.2, 0.25) is 0 Å². The van der Waals surface area contributed by atoms with Crippen LogP contribution >= 0.6 is 0 Å². The first-order valence-corrected chi connectivity index (χ1v) is 11.6. The molecule has 2 unspecified atom stereocenters. The topological polar surface area (TPSA) is 104 Å². The maximum Gasteiger partial charge on any atom is 0.309 e. The zero-order chi connectivity index (χ0) is 25.8. The molecule has 0 saturated carbocycles. The molecular weight excluding hydrogens is 465 g/mol. The Morgan fingerprint density at radius 2 is 1.53 bits per heavy atom. The maximum atomic E-state index is 14.5. The Morgan fingerprint density at radius 1 is 0.917 bits per heavy atom. The van der Waals surface area contributed by atoms with Gasteiger partial charge in [-0.3, -0.25) is 19.3 Å². The largest absolute Gasteiger partial charge is 0.494 e. The minimum absolute atomic E-state index is 0.0595. The zero-order valence-corrected chi connectivity index (χ0v) is 19.7. The van der Waals surface area contributed by atoms with Crippen molar-refractivity contribution in [2.45, 2.75) is 25.4 Å². The summed E-state index contributed by atoms with van der Waals surface area (Å²) in [6.45, 7) is -0.0961. The predicted octanol–water partition coefficient (Wildman–Crippen LogP) is 4.18. The molecule has 4 rings (SSSR count). The number of hydrogen-bond donors (Lipinski definition) is 2. The minimum atomic E-state index is -1.19. The summed E-state index contributed by atoms with van der Waals surface area (Å²) in [5.41, 5.74) is 2.52. The molecule has 0 saturated heterocycles. The van der Waals surface area contributed by atoms with E-state index in [1.807, 2.05) is 0 Å². The number of ether oxygens (including phenoxy) is 1. The molecule has 1 aliphatic heterocycles. The molecule has 0 bridgehead atoms. The van der Waals surface area contributed by atoms with Gasteiger partial charge in [0, 0.05) is 12.1 Å².